The zero-order chi connectivity index (χ0) is 15.4. The summed E-state index contributed by atoms with van der Waals surface area (Å²) in [5, 5.41) is 0. The van der Waals surface area contributed by atoms with Crippen LogP contribution in [0.4, 0.5) is 10.1 Å². The summed E-state index contributed by atoms with van der Waals surface area (Å²) in [6.45, 7) is 8.68. The second kappa shape index (κ2) is 6.89. The third kappa shape index (κ3) is 4.17. The van der Waals surface area contributed by atoms with Crippen molar-refractivity contribution in [3.8, 4) is 0 Å². The van der Waals surface area contributed by atoms with Crippen LogP contribution in [0.5, 0.6) is 0 Å². The van der Waals surface area contributed by atoms with E-state index in [0.717, 1.165) is 19.6 Å². The van der Waals surface area contributed by atoms with Crippen LogP contribution in [-0.2, 0) is 0 Å². The van der Waals surface area contributed by atoms with E-state index in [-0.39, 0.29) is 11.6 Å². The van der Waals surface area contributed by atoms with Gasteiger partial charge in [0.25, 0.3) is 5.91 Å². The smallest absolute Gasteiger partial charge is 0.254 e. The molecule has 0 atom stereocenters. The number of carbonyl (C=O) groups excluding carboxylic acids is 1. The Morgan fingerprint density at radius 2 is 1.95 bits per heavy atom. The van der Waals surface area contributed by atoms with Crippen molar-refractivity contribution in [2.24, 2.45) is 5.92 Å². The van der Waals surface area contributed by atoms with Crippen LogP contribution < -0.4 is 5.73 Å². The van der Waals surface area contributed by atoms with Crippen molar-refractivity contribution in [2.75, 3.05) is 38.5 Å². The van der Waals surface area contributed by atoms with Crippen LogP contribution in [0, 0.1) is 11.7 Å². The molecule has 1 aromatic rings. The molecule has 0 bridgehead atoms. The second-order valence-corrected chi connectivity index (χ2v) is 6.05. The van der Waals surface area contributed by atoms with Gasteiger partial charge in [0.1, 0.15) is 5.82 Å². The summed E-state index contributed by atoms with van der Waals surface area (Å²) >= 11 is 0. The fourth-order valence-corrected chi connectivity index (χ4v) is 2.46. The molecular weight excluding hydrogens is 269 g/mol. The van der Waals surface area contributed by atoms with Crippen molar-refractivity contribution in [3.05, 3.63) is 29.6 Å². The zero-order valence-corrected chi connectivity index (χ0v) is 12.8. The SMILES string of the molecule is CC(C)CCN1CCN(C(=O)c2ccc(N)c(F)c2)CC1. The van der Waals surface area contributed by atoms with Gasteiger partial charge in [-0.25, -0.2) is 4.39 Å². The van der Waals surface area contributed by atoms with Crippen molar-refractivity contribution >= 4 is 11.6 Å². The molecule has 1 amide bonds. The molecule has 2 rings (SSSR count). The standard InChI is InChI=1S/C16H24FN3O/c1-12(2)5-6-19-7-9-20(10-8-19)16(21)13-3-4-15(18)14(17)11-13/h3-4,11-12H,5-10,18H2,1-2H3. The zero-order valence-electron chi connectivity index (χ0n) is 12.8. The first-order valence-corrected chi connectivity index (χ1v) is 7.54. The highest BCUT2D eigenvalue weighted by molar-refractivity contribution is 5.94. The number of nitrogens with zero attached hydrogens (tertiary/aromatic N) is 2. The van der Waals surface area contributed by atoms with Crippen molar-refractivity contribution in [3.63, 3.8) is 0 Å². The van der Waals surface area contributed by atoms with Crippen LogP contribution in [0.3, 0.4) is 0 Å². The number of anilines is 1. The average molecular weight is 293 g/mol. The van der Waals surface area contributed by atoms with Gasteiger partial charge < -0.3 is 10.6 Å². The molecule has 1 fully saturated rings. The molecule has 1 aliphatic rings. The van der Waals surface area contributed by atoms with Gasteiger partial charge in [-0.15, -0.1) is 0 Å². The van der Waals surface area contributed by atoms with Gasteiger partial charge in [0.05, 0.1) is 5.69 Å². The Balaban J connectivity index is 1.89. The number of hydrogen-bond donors (Lipinski definition) is 1. The molecule has 4 nitrogen and oxygen atoms in total. The molecule has 1 aromatic carbocycles. The van der Waals surface area contributed by atoms with Crippen molar-refractivity contribution in [1.29, 1.82) is 0 Å². The van der Waals surface area contributed by atoms with E-state index in [1.807, 2.05) is 0 Å². The number of carbonyl (C=O) groups is 1. The molecule has 0 spiro atoms. The van der Waals surface area contributed by atoms with Crippen LogP contribution in [0.25, 0.3) is 0 Å². The van der Waals surface area contributed by atoms with E-state index in [9.17, 15) is 9.18 Å². The minimum Gasteiger partial charge on any atom is -0.396 e. The highest BCUT2D eigenvalue weighted by Crippen LogP contribution is 2.15. The third-order valence-electron chi connectivity index (χ3n) is 3.93. The molecule has 2 N–H and O–H groups in total. The minimum absolute atomic E-state index is 0.0741. The second-order valence-electron chi connectivity index (χ2n) is 6.05. The molecule has 1 aliphatic heterocycles. The number of hydrogen-bond acceptors (Lipinski definition) is 3. The Bertz CT molecular complexity index is 496. The maximum absolute atomic E-state index is 13.4. The fraction of sp³-hybridized carbons (Fsp3) is 0.562. The lowest BCUT2D eigenvalue weighted by molar-refractivity contribution is 0.0631. The number of amides is 1. The molecule has 1 heterocycles. The Kier molecular flexibility index (Phi) is 5.17. The average Bonchev–Trinajstić information content (AvgIpc) is 2.48. The molecule has 1 saturated heterocycles. The summed E-state index contributed by atoms with van der Waals surface area (Å²) in [5.74, 6) is 0.0521. The molecule has 0 saturated carbocycles. The maximum atomic E-state index is 13.4. The van der Waals surface area contributed by atoms with Crippen LogP contribution in [-0.4, -0.2) is 48.4 Å². The molecular formula is C16H24FN3O. The normalized spacial score (nSPS) is 16.5. The number of rotatable bonds is 4. The van der Waals surface area contributed by atoms with Crippen LogP contribution in [0.1, 0.15) is 30.6 Å². The quantitative estimate of drug-likeness (QED) is 0.866. The van der Waals surface area contributed by atoms with E-state index in [4.69, 9.17) is 5.73 Å². The van der Waals surface area contributed by atoms with E-state index in [1.165, 1.54) is 18.6 Å². The molecule has 0 radical (unpaired) electrons. The topological polar surface area (TPSA) is 49.6 Å². The summed E-state index contributed by atoms with van der Waals surface area (Å²) < 4.78 is 13.4. The van der Waals surface area contributed by atoms with Gasteiger partial charge >= 0.3 is 0 Å². The Morgan fingerprint density at radius 3 is 2.52 bits per heavy atom. The first-order chi connectivity index (χ1) is 9.97. The number of piperazine rings is 1. The van der Waals surface area contributed by atoms with Gasteiger partial charge in [-0.05, 0) is 37.1 Å². The van der Waals surface area contributed by atoms with Gasteiger partial charge in [0.15, 0.2) is 0 Å². The summed E-state index contributed by atoms with van der Waals surface area (Å²) in [6.07, 6.45) is 1.18. The van der Waals surface area contributed by atoms with Gasteiger partial charge in [-0.1, -0.05) is 13.8 Å². The summed E-state index contributed by atoms with van der Waals surface area (Å²) in [5.41, 5.74) is 5.88. The van der Waals surface area contributed by atoms with E-state index in [1.54, 1.807) is 11.0 Å². The highest BCUT2D eigenvalue weighted by atomic mass is 19.1. The van der Waals surface area contributed by atoms with E-state index >= 15 is 0 Å². The van der Waals surface area contributed by atoms with Crippen LogP contribution in [0.2, 0.25) is 0 Å². The van der Waals surface area contributed by atoms with Gasteiger partial charge in [0, 0.05) is 31.7 Å². The van der Waals surface area contributed by atoms with E-state index in [0.29, 0.717) is 24.6 Å². The largest absolute Gasteiger partial charge is 0.396 e. The van der Waals surface area contributed by atoms with Gasteiger partial charge in [-0.3, -0.25) is 9.69 Å². The predicted molar refractivity (Wildman–Crippen MR) is 82.6 cm³/mol. The Morgan fingerprint density at radius 1 is 1.29 bits per heavy atom. The molecule has 21 heavy (non-hydrogen) atoms. The van der Waals surface area contributed by atoms with Crippen LogP contribution in [0.15, 0.2) is 18.2 Å². The molecule has 0 aromatic heterocycles. The molecule has 0 unspecified atom stereocenters. The van der Waals surface area contributed by atoms with Crippen LogP contribution >= 0.6 is 0 Å². The maximum Gasteiger partial charge on any atom is 0.254 e. The first kappa shape index (κ1) is 15.8. The minimum atomic E-state index is -0.531. The fourth-order valence-electron chi connectivity index (χ4n) is 2.46. The number of benzene rings is 1. The summed E-state index contributed by atoms with van der Waals surface area (Å²) in [4.78, 5) is 16.5. The summed E-state index contributed by atoms with van der Waals surface area (Å²) in [7, 11) is 0. The number of nitrogen functional groups attached to an aromatic ring is 1. The van der Waals surface area contributed by atoms with Gasteiger partial charge in [-0.2, -0.15) is 0 Å². The Labute approximate surface area is 125 Å². The molecule has 116 valence electrons. The number of halogens is 1. The predicted octanol–water partition coefficient (Wildman–Crippen LogP) is 2.21. The molecule has 5 heteroatoms. The van der Waals surface area contributed by atoms with E-state index in [2.05, 4.69) is 18.7 Å². The lowest BCUT2D eigenvalue weighted by atomic mass is 10.1. The highest BCUT2D eigenvalue weighted by Gasteiger charge is 2.22. The van der Waals surface area contributed by atoms with Crippen molar-refractivity contribution < 1.29 is 9.18 Å². The summed E-state index contributed by atoms with van der Waals surface area (Å²) in [6, 6.07) is 4.26. The lowest BCUT2D eigenvalue weighted by Crippen LogP contribution is -2.49. The van der Waals surface area contributed by atoms with Crippen molar-refractivity contribution in [2.45, 2.75) is 20.3 Å². The molecule has 0 aliphatic carbocycles. The van der Waals surface area contributed by atoms with Crippen molar-refractivity contribution in [1.82, 2.24) is 9.80 Å². The van der Waals surface area contributed by atoms with Gasteiger partial charge in [0.2, 0.25) is 0 Å². The first-order valence-electron chi connectivity index (χ1n) is 7.54. The van der Waals surface area contributed by atoms with E-state index < -0.39 is 5.82 Å². The number of nitrogens with two attached hydrogens (primary N) is 1. The monoisotopic (exact) mass is 293 g/mol. The Hall–Kier alpha value is -1.62. The third-order valence-corrected chi connectivity index (χ3v) is 3.93. The lowest BCUT2D eigenvalue weighted by Gasteiger charge is -2.35.